The van der Waals surface area contributed by atoms with Crippen LogP contribution in [-0.4, -0.2) is 0 Å². The number of aryl methyl sites for hydroxylation is 1. The zero-order valence-corrected chi connectivity index (χ0v) is 13.2. The fraction of sp³-hybridized carbons (Fsp3) is 0.100. The summed E-state index contributed by atoms with van der Waals surface area (Å²) in [5, 5.41) is 0. The Hall–Kier alpha value is -2.94. The predicted octanol–water partition coefficient (Wildman–Crippen LogP) is 3.92. The van der Waals surface area contributed by atoms with Crippen LogP contribution in [0.3, 0.4) is 0 Å². The van der Waals surface area contributed by atoms with Gasteiger partial charge in [0.05, 0.1) is 0 Å². The number of nitrogens with two attached hydrogens (primary N) is 3. The number of hydrogen-bond donors (Lipinski definition) is 3. The summed E-state index contributed by atoms with van der Waals surface area (Å²) in [6.45, 7) is 2.07. The fourth-order valence-corrected chi connectivity index (χ4v) is 3.12. The van der Waals surface area contributed by atoms with E-state index in [2.05, 4.69) is 13.0 Å². The fourth-order valence-electron chi connectivity index (χ4n) is 3.12. The van der Waals surface area contributed by atoms with Crippen molar-refractivity contribution in [2.24, 2.45) is 0 Å². The van der Waals surface area contributed by atoms with Gasteiger partial charge in [-0.05, 0) is 47.4 Å². The molecule has 3 aromatic carbocycles. The van der Waals surface area contributed by atoms with Crippen LogP contribution in [-0.2, 0) is 0 Å². The Morgan fingerprint density at radius 3 is 1.57 bits per heavy atom. The van der Waals surface area contributed by atoms with Crippen LogP contribution in [0.1, 0.15) is 28.2 Å². The zero-order chi connectivity index (χ0) is 16.4. The molecular formula is C20H21N3. The van der Waals surface area contributed by atoms with Crippen molar-refractivity contribution in [2.45, 2.75) is 12.8 Å². The van der Waals surface area contributed by atoms with Gasteiger partial charge in [-0.1, -0.05) is 48.5 Å². The van der Waals surface area contributed by atoms with Crippen LogP contribution in [0.15, 0.2) is 66.7 Å². The van der Waals surface area contributed by atoms with E-state index in [1.54, 1.807) is 0 Å². The third-order valence-electron chi connectivity index (χ3n) is 4.26. The van der Waals surface area contributed by atoms with E-state index in [1.807, 2.05) is 60.7 Å². The highest BCUT2D eigenvalue weighted by Crippen LogP contribution is 2.41. The SMILES string of the molecule is Cc1cccc(N)c1C(c1ccccc1N)c1ccccc1N. The van der Waals surface area contributed by atoms with E-state index in [0.717, 1.165) is 39.3 Å². The zero-order valence-electron chi connectivity index (χ0n) is 13.2. The lowest BCUT2D eigenvalue weighted by Crippen LogP contribution is -2.12. The monoisotopic (exact) mass is 303 g/mol. The van der Waals surface area contributed by atoms with E-state index in [-0.39, 0.29) is 5.92 Å². The van der Waals surface area contributed by atoms with Crippen molar-refractivity contribution in [2.75, 3.05) is 17.2 Å². The molecule has 0 spiro atoms. The molecule has 3 heteroatoms. The molecule has 0 amide bonds. The number of nitrogen functional groups attached to an aromatic ring is 3. The van der Waals surface area contributed by atoms with E-state index in [0.29, 0.717) is 0 Å². The Balaban J connectivity index is 2.32. The van der Waals surface area contributed by atoms with Gasteiger partial charge >= 0.3 is 0 Å². The number of benzene rings is 3. The van der Waals surface area contributed by atoms with E-state index in [1.165, 1.54) is 0 Å². The van der Waals surface area contributed by atoms with Gasteiger partial charge in [0.15, 0.2) is 0 Å². The van der Waals surface area contributed by atoms with Crippen molar-refractivity contribution in [3.8, 4) is 0 Å². The van der Waals surface area contributed by atoms with Gasteiger partial charge in [-0.2, -0.15) is 0 Å². The number of rotatable bonds is 3. The number of anilines is 3. The third-order valence-corrected chi connectivity index (χ3v) is 4.26. The van der Waals surface area contributed by atoms with Crippen molar-refractivity contribution in [3.05, 3.63) is 89.0 Å². The van der Waals surface area contributed by atoms with Gasteiger partial charge in [0.2, 0.25) is 0 Å². The Kier molecular flexibility index (Phi) is 3.94. The van der Waals surface area contributed by atoms with Crippen LogP contribution in [0.2, 0.25) is 0 Å². The minimum absolute atomic E-state index is 0.0846. The molecule has 0 atom stereocenters. The first-order valence-corrected chi connectivity index (χ1v) is 7.63. The minimum Gasteiger partial charge on any atom is -0.398 e. The summed E-state index contributed by atoms with van der Waals surface area (Å²) in [7, 11) is 0. The molecule has 0 saturated heterocycles. The van der Waals surface area contributed by atoms with Gasteiger partial charge < -0.3 is 17.2 Å². The molecule has 0 aliphatic rings. The molecule has 3 rings (SSSR count). The molecule has 23 heavy (non-hydrogen) atoms. The summed E-state index contributed by atoms with van der Waals surface area (Å²) >= 11 is 0. The highest BCUT2D eigenvalue weighted by Gasteiger charge is 2.24. The summed E-state index contributed by atoms with van der Waals surface area (Å²) in [5.74, 6) is -0.0846. The highest BCUT2D eigenvalue weighted by atomic mass is 14.6. The lowest BCUT2D eigenvalue weighted by atomic mass is 9.81. The van der Waals surface area contributed by atoms with E-state index in [9.17, 15) is 0 Å². The normalized spacial score (nSPS) is 10.9. The van der Waals surface area contributed by atoms with Gasteiger partial charge in [0.1, 0.15) is 0 Å². The summed E-state index contributed by atoms with van der Waals surface area (Å²) in [4.78, 5) is 0. The average Bonchev–Trinajstić information content (AvgIpc) is 2.53. The smallest absolute Gasteiger partial charge is 0.0403 e. The van der Waals surface area contributed by atoms with Gasteiger partial charge in [-0.3, -0.25) is 0 Å². The van der Waals surface area contributed by atoms with Crippen molar-refractivity contribution in [1.82, 2.24) is 0 Å². The maximum absolute atomic E-state index is 6.32. The molecule has 0 aromatic heterocycles. The van der Waals surface area contributed by atoms with E-state index in [4.69, 9.17) is 17.2 Å². The first-order valence-electron chi connectivity index (χ1n) is 7.63. The Bertz CT molecular complexity index is 774. The molecule has 3 aromatic rings. The number of para-hydroxylation sites is 2. The first kappa shape index (κ1) is 15.0. The molecule has 3 nitrogen and oxygen atoms in total. The van der Waals surface area contributed by atoms with Gasteiger partial charge in [-0.15, -0.1) is 0 Å². The molecule has 116 valence electrons. The standard InChI is InChI=1S/C20H21N3/c1-13-7-6-12-18(23)19(13)20(14-8-2-4-10-16(14)21)15-9-3-5-11-17(15)22/h2-12,20H,21-23H2,1H3. The summed E-state index contributed by atoms with van der Waals surface area (Å²) in [6.07, 6.45) is 0. The highest BCUT2D eigenvalue weighted by molar-refractivity contribution is 5.67. The second-order valence-corrected chi connectivity index (χ2v) is 5.77. The summed E-state index contributed by atoms with van der Waals surface area (Å²) < 4.78 is 0. The van der Waals surface area contributed by atoms with Crippen molar-refractivity contribution in [1.29, 1.82) is 0 Å². The maximum atomic E-state index is 6.32. The Labute approximate surface area is 136 Å². The van der Waals surface area contributed by atoms with Crippen molar-refractivity contribution >= 4 is 17.1 Å². The van der Waals surface area contributed by atoms with E-state index < -0.39 is 0 Å². The molecule has 0 saturated carbocycles. The molecular weight excluding hydrogens is 282 g/mol. The quantitative estimate of drug-likeness (QED) is 0.507. The van der Waals surface area contributed by atoms with Gasteiger partial charge in [-0.25, -0.2) is 0 Å². The molecule has 0 heterocycles. The first-order chi connectivity index (χ1) is 11.1. The maximum Gasteiger partial charge on any atom is 0.0403 e. The second kappa shape index (κ2) is 6.05. The average molecular weight is 303 g/mol. The van der Waals surface area contributed by atoms with Crippen molar-refractivity contribution < 1.29 is 0 Å². The summed E-state index contributed by atoms with van der Waals surface area (Å²) in [5.41, 5.74) is 25.3. The van der Waals surface area contributed by atoms with Crippen LogP contribution in [0.4, 0.5) is 17.1 Å². The molecule has 0 fully saturated rings. The lowest BCUT2D eigenvalue weighted by molar-refractivity contribution is 0.973. The topological polar surface area (TPSA) is 78.1 Å². The van der Waals surface area contributed by atoms with Crippen LogP contribution in [0, 0.1) is 6.92 Å². The third kappa shape index (κ3) is 2.73. The second-order valence-electron chi connectivity index (χ2n) is 5.77. The molecule has 0 bridgehead atoms. The molecule has 0 unspecified atom stereocenters. The Morgan fingerprint density at radius 2 is 1.09 bits per heavy atom. The summed E-state index contributed by atoms with van der Waals surface area (Å²) in [6, 6.07) is 21.7. The number of hydrogen-bond acceptors (Lipinski definition) is 3. The van der Waals surface area contributed by atoms with Crippen LogP contribution in [0.25, 0.3) is 0 Å². The molecule has 6 N–H and O–H groups in total. The largest absolute Gasteiger partial charge is 0.398 e. The van der Waals surface area contributed by atoms with Crippen LogP contribution < -0.4 is 17.2 Å². The van der Waals surface area contributed by atoms with Crippen molar-refractivity contribution in [3.63, 3.8) is 0 Å². The Morgan fingerprint density at radius 1 is 0.609 bits per heavy atom. The van der Waals surface area contributed by atoms with Crippen LogP contribution >= 0.6 is 0 Å². The molecule has 0 aliphatic carbocycles. The molecule has 0 aliphatic heterocycles. The predicted molar refractivity (Wildman–Crippen MR) is 98.2 cm³/mol. The van der Waals surface area contributed by atoms with Crippen LogP contribution in [0.5, 0.6) is 0 Å². The van der Waals surface area contributed by atoms with E-state index >= 15 is 0 Å². The van der Waals surface area contributed by atoms with Gasteiger partial charge in [0, 0.05) is 23.0 Å². The van der Waals surface area contributed by atoms with Gasteiger partial charge in [0.25, 0.3) is 0 Å². The lowest BCUT2D eigenvalue weighted by Gasteiger charge is -2.25. The molecule has 0 radical (unpaired) electrons. The minimum atomic E-state index is -0.0846.